The van der Waals surface area contributed by atoms with E-state index in [-0.39, 0.29) is 5.75 Å². The Kier molecular flexibility index (Phi) is 7.37. The Hall–Kier alpha value is -0.630. The van der Waals surface area contributed by atoms with E-state index in [9.17, 15) is 8.42 Å². The van der Waals surface area contributed by atoms with Gasteiger partial charge >= 0.3 is 0 Å². The van der Waals surface area contributed by atoms with Crippen LogP contribution in [-0.2, 0) is 23.0 Å². The summed E-state index contributed by atoms with van der Waals surface area (Å²) >= 11 is 1.70. The van der Waals surface area contributed by atoms with Crippen LogP contribution in [0.15, 0.2) is 6.07 Å². The second-order valence-electron chi connectivity index (χ2n) is 7.47. The Morgan fingerprint density at radius 1 is 1.38 bits per heavy atom. The van der Waals surface area contributed by atoms with E-state index in [1.165, 1.54) is 30.7 Å². The summed E-state index contributed by atoms with van der Waals surface area (Å²) in [6.07, 6.45) is 7.39. The van der Waals surface area contributed by atoms with Gasteiger partial charge in [0, 0.05) is 18.0 Å². The SMILES string of the molecule is CCCCS(=O)(=O)N1CCc2sc(OCCCC3CCCNC3)cc2C1. The number of sulfonamides is 1. The van der Waals surface area contributed by atoms with Crippen molar-refractivity contribution in [2.45, 2.75) is 58.4 Å². The van der Waals surface area contributed by atoms with E-state index < -0.39 is 10.0 Å². The molecule has 5 nitrogen and oxygen atoms in total. The predicted octanol–water partition coefficient (Wildman–Crippen LogP) is 3.39. The Balaban J connectivity index is 1.46. The molecule has 2 aliphatic rings. The van der Waals surface area contributed by atoms with Crippen molar-refractivity contribution in [3.63, 3.8) is 0 Å². The lowest BCUT2D eigenvalue weighted by molar-refractivity contribution is 0.280. The molecule has 1 fully saturated rings. The molecule has 148 valence electrons. The molecule has 0 bridgehead atoms. The molecule has 7 heteroatoms. The smallest absolute Gasteiger partial charge is 0.214 e. The second-order valence-corrected chi connectivity index (χ2v) is 10.7. The lowest BCUT2D eigenvalue weighted by Crippen LogP contribution is -2.36. The van der Waals surface area contributed by atoms with E-state index in [1.54, 1.807) is 15.6 Å². The van der Waals surface area contributed by atoms with E-state index in [2.05, 4.69) is 11.4 Å². The van der Waals surface area contributed by atoms with Gasteiger partial charge < -0.3 is 10.1 Å². The number of nitrogens with zero attached hydrogens (tertiary/aromatic N) is 1. The third-order valence-electron chi connectivity index (χ3n) is 5.36. The van der Waals surface area contributed by atoms with Crippen LogP contribution in [0.5, 0.6) is 5.06 Å². The summed E-state index contributed by atoms with van der Waals surface area (Å²) in [5.41, 5.74) is 1.13. The van der Waals surface area contributed by atoms with Gasteiger partial charge in [0.1, 0.15) is 0 Å². The third-order valence-corrected chi connectivity index (χ3v) is 8.41. The van der Waals surface area contributed by atoms with Gasteiger partial charge in [-0.2, -0.15) is 4.31 Å². The molecule has 1 saturated heterocycles. The number of rotatable bonds is 9. The van der Waals surface area contributed by atoms with Gasteiger partial charge in [-0.1, -0.05) is 13.3 Å². The number of hydrogen-bond acceptors (Lipinski definition) is 5. The number of hydrogen-bond donors (Lipinski definition) is 1. The van der Waals surface area contributed by atoms with Crippen LogP contribution >= 0.6 is 11.3 Å². The molecule has 1 unspecified atom stereocenters. The molecule has 0 amide bonds. The maximum absolute atomic E-state index is 12.4. The molecule has 0 radical (unpaired) electrons. The van der Waals surface area contributed by atoms with Gasteiger partial charge in [-0.25, -0.2) is 8.42 Å². The summed E-state index contributed by atoms with van der Waals surface area (Å²) in [7, 11) is -3.12. The Morgan fingerprint density at radius 3 is 3.04 bits per heavy atom. The van der Waals surface area contributed by atoms with E-state index >= 15 is 0 Å². The van der Waals surface area contributed by atoms with Gasteiger partial charge in [-0.05, 0) is 69.2 Å². The van der Waals surface area contributed by atoms with Crippen LogP contribution in [-0.4, -0.2) is 44.7 Å². The number of fused-ring (bicyclic) bond motifs is 1. The normalized spacial score (nSPS) is 21.5. The number of piperidine rings is 1. The van der Waals surface area contributed by atoms with Gasteiger partial charge in [-0.3, -0.25) is 0 Å². The lowest BCUT2D eigenvalue weighted by atomic mass is 9.95. The zero-order valence-electron chi connectivity index (χ0n) is 15.8. The van der Waals surface area contributed by atoms with Gasteiger partial charge in [0.05, 0.1) is 12.4 Å². The van der Waals surface area contributed by atoms with Crippen LogP contribution < -0.4 is 10.1 Å². The fourth-order valence-electron chi connectivity index (χ4n) is 3.76. The summed E-state index contributed by atoms with van der Waals surface area (Å²) in [6.45, 7) is 6.21. The Bertz CT molecular complexity index is 666. The molecule has 26 heavy (non-hydrogen) atoms. The van der Waals surface area contributed by atoms with E-state index in [0.29, 0.717) is 13.1 Å². The molecule has 3 rings (SSSR count). The molecule has 3 heterocycles. The molecule has 1 N–H and O–H groups in total. The van der Waals surface area contributed by atoms with E-state index in [4.69, 9.17) is 4.74 Å². The quantitative estimate of drug-likeness (QED) is 0.646. The highest BCUT2D eigenvalue weighted by atomic mass is 32.2. The number of nitrogens with one attached hydrogen (secondary N) is 1. The number of unbranched alkanes of at least 4 members (excludes halogenated alkanes) is 1. The van der Waals surface area contributed by atoms with E-state index in [1.807, 2.05) is 6.92 Å². The summed E-state index contributed by atoms with van der Waals surface area (Å²) in [4.78, 5) is 1.29. The maximum Gasteiger partial charge on any atom is 0.214 e. The van der Waals surface area contributed by atoms with Crippen molar-refractivity contribution in [2.75, 3.05) is 32.0 Å². The van der Waals surface area contributed by atoms with E-state index in [0.717, 1.165) is 55.4 Å². The van der Waals surface area contributed by atoms with Crippen molar-refractivity contribution in [1.82, 2.24) is 9.62 Å². The first-order valence-electron chi connectivity index (χ1n) is 10.0. The minimum absolute atomic E-state index is 0.266. The van der Waals surface area contributed by atoms with Crippen LogP contribution in [0.2, 0.25) is 0 Å². The van der Waals surface area contributed by atoms with Gasteiger partial charge in [-0.15, -0.1) is 11.3 Å². The first-order chi connectivity index (χ1) is 12.6. The largest absolute Gasteiger partial charge is 0.484 e. The zero-order valence-corrected chi connectivity index (χ0v) is 17.5. The van der Waals surface area contributed by atoms with Crippen molar-refractivity contribution >= 4 is 21.4 Å². The van der Waals surface area contributed by atoms with Crippen LogP contribution in [0.25, 0.3) is 0 Å². The predicted molar refractivity (Wildman–Crippen MR) is 107 cm³/mol. The lowest BCUT2D eigenvalue weighted by Gasteiger charge is -2.25. The standard InChI is InChI=1S/C19H32N2O3S2/c1-2-3-12-26(22,23)21-10-8-18-17(15-21)13-19(25-18)24-11-5-7-16-6-4-9-20-14-16/h13,16,20H,2-12,14-15H2,1H3. The second kappa shape index (κ2) is 9.53. The molecule has 1 aromatic rings. The highest BCUT2D eigenvalue weighted by Crippen LogP contribution is 2.34. The highest BCUT2D eigenvalue weighted by molar-refractivity contribution is 7.89. The van der Waals surface area contributed by atoms with Gasteiger partial charge in [0.15, 0.2) is 5.06 Å². The van der Waals surface area contributed by atoms with Crippen LogP contribution in [0.1, 0.15) is 55.9 Å². The van der Waals surface area contributed by atoms with Crippen molar-refractivity contribution in [3.8, 4) is 5.06 Å². The van der Waals surface area contributed by atoms with Gasteiger partial charge in [0.25, 0.3) is 0 Å². The van der Waals surface area contributed by atoms with Crippen molar-refractivity contribution < 1.29 is 13.2 Å². The van der Waals surface area contributed by atoms with Gasteiger partial charge in [0.2, 0.25) is 10.0 Å². The van der Waals surface area contributed by atoms with Crippen LogP contribution in [0.3, 0.4) is 0 Å². The van der Waals surface area contributed by atoms with Crippen LogP contribution in [0.4, 0.5) is 0 Å². The van der Waals surface area contributed by atoms with Crippen molar-refractivity contribution in [3.05, 3.63) is 16.5 Å². The molecule has 2 aliphatic heterocycles. The van der Waals surface area contributed by atoms with Crippen molar-refractivity contribution in [1.29, 1.82) is 0 Å². The number of thiophene rings is 1. The molecule has 0 spiro atoms. The Morgan fingerprint density at radius 2 is 2.27 bits per heavy atom. The zero-order chi connectivity index (χ0) is 18.4. The minimum Gasteiger partial charge on any atom is -0.484 e. The van der Waals surface area contributed by atoms with Crippen LogP contribution in [0, 0.1) is 5.92 Å². The van der Waals surface area contributed by atoms with Crippen molar-refractivity contribution in [2.24, 2.45) is 5.92 Å². The minimum atomic E-state index is -3.12. The third kappa shape index (κ3) is 5.44. The molecular weight excluding hydrogens is 368 g/mol. The topological polar surface area (TPSA) is 58.6 Å². The first-order valence-corrected chi connectivity index (χ1v) is 12.4. The fraction of sp³-hybridized carbons (Fsp3) is 0.789. The molecule has 0 aromatic carbocycles. The first kappa shape index (κ1) is 20.1. The molecule has 0 aliphatic carbocycles. The average molecular weight is 401 g/mol. The number of ether oxygens (including phenoxy) is 1. The summed E-state index contributed by atoms with van der Waals surface area (Å²) in [6, 6.07) is 2.06. The summed E-state index contributed by atoms with van der Waals surface area (Å²) in [5, 5.41) is 4.41. The molecule has 0 saturated carbocycles. The maximum atomic E-state index is 12.4. The Labute approximate surface area is 162 Å². The fourth-order valence-corrected chi connectivity index (χ4v) is 6.41. The highest BCUT2D eigenvalue weighted by Gasteiger charge is 2.27. The molecule has 1 atom stereocenters. The molecular formula is C19H32N2O3S2. The summed E-state index contributed by atoms with van der Waals surface area (Å²) < 4.78 is 32.4. The summed E-state index contributed by atoms with van der Waals surface area (Å²) in [5.74, 6) is 1.06. The monoisotopic (exact) mass is 400 g/mol. The average Bonchev–Trinajstić information content (AvgIpc) is 3.06. The molecule has 1 aromatic heterocycles.